The van der Waals surface area contributed by atoms with Crippen LogP contribution in [0.25, 0.3) is 11.3 Å². The molecule has 0 amide bonds. The van der Waals surface area contributed by atoms with E-state index in [1.807, 2.05) is 0 Å². The van der Waals surface area contributed by atoms with Crippen molar-refractivity contribution in [2.24, 2.45) is 0 Å². The molecule has 4 N–H and O–H groups in total. The molecule has 0 radical (unpaired) electrons. The van der Waals surface area contributed by atoms with Crippen molar-refractivity contribution < 1.29 is 17.9 Å². The van der Waals surface area contributed by atoms with Gasteiger partial charge in [0.25, 0.3) is 0 Å². The maximum absolute atomic E-state index is 13.2. The third-order valence-electron chi connectivity index (χ3n) is 3.93. The highest BCUT2D eigenvalue weighted by Gasteiger charge is 2.37. The minimum Gasteiger partial charge on any atom is -0.396 e. The van der Waals surface area contributed by atoms with Gasteiger partial charge in [-0.3, -0.25) is 0 Å². The zero-order valence-corrected chi connectivity index (χ0v) is 17.4. The summed E-state index contributed by atoms with van der Waals surface area (Å²) in [7, 11) is -1.27. The number of nitrogens with two attached hydrogens (primary N) is 2. The quantitative estimate of drug-likeness (QED) is 0.409. The van der Waals surface area contributed by atoms with Crippen LogP contribution in [-0.2, 0) is 17.6 Å². The second kappa shape index (κ2) is 7.68. The molecule has 0 spiro atoms. The number of hydrogen-bond donors (Lipinski definition) is 2. The highest BCUT2D eigenvalue weighted by molar-refractivity contribution is 6.76. The van der Waals surface area contributed by atoms with E-state index in [2.05, 4.69) is 29.7 Å². The van der Waals surface area contributed by atoms with E-state index in [4.69, 9.17) is 27.8 Å². The molecular weight excluding hydrogens is 399 g/mol. The van der Waals surface area contributed by atoms with Gasteiger partial charge in [0.05, 0.1) is 22.8 Å². The summed E-state index contributed by atoms with van der Waals surface area (Å²) in [4.78, 5) is 3.32. The maximum Gasteiger partial charge on any atom is 0.435 e. The third-order valence-corrected chi connectivity index (χ3v) is 5.83. The van der Waals surface area contributed by atoms with Crippen molar-refractivity contribution >= 4 is 31.0 Å². The Labute approximate surface area is 161 Å². The van der Waals surface area contributed by atoms with Crippen LogP contribution in [0.1, 0.15) is 11.4 Å². The number of ether oxygens (including phenoxy) is 1. The number of rotatable bonds is 6. The predicted octanol–water partition coefficient (Wildman–Crippen LogP) is 4.40. The highest BCUT2D eigenvalue weighted by Crippen LogP contribution is 2.41. The summed E-state index contributed by atoms with van der Waals surface area (Å²) in [6.45, 7) is 8.87. The van der Waals surface area contributed by atoms with Crippen molar-refractivity contribution in [1.29, 1.82) is 0 Å². The second-order valence-corrected chi connectivity index (χ2v) is 13.5. The third kappa shape index (κ3) is 5.14. The van der Waals surface area contributed by atoms with Crippen molar-refractivity contribution in [2.75, 3.05) is 18.1 Å². The first-order chi connectivity index (χ1) is 12.3. The number of nitrogens with zero attached hydrogens (tertiary/aromatic N) is 3. The van der Waals surface area contributed by atoms with E-state index < -0.39 is 25.6 Å². The lowest BCUT2D eigenvalue weighted by Gasteiger charge is -2.17. The molecule has 0 fully saturated rings. The van der Waals surface area contributed by atoms with E-state index >= 15 is 0 Å². The molecule has 0 unspecified atom stereocenters. The fraction of sp³-hybridized carbons (Fsp3) is 0.500. The number of nitrogen functional groups attached to an aromatic ring is 2. The van der Waals surface area contributed by atoms with E-state index in [-0.39, 0.29) is 28.8 Å². The first-order valence-corrected chi connectivity index (χ1v) is 12.3. The van der Waals surface area contributed by atoms with Crippen molar-refractivity contribution in [3.8, 4) is 11.3 Å². The maximum atomic E-state index is 13.2. The molecule has 27 heavy (non-hydrogen) atoms. The molecule has 11 heteroatoms. The molecule has 0 aliphatic rings. The lowest BCUT2D eigenvalue weighted by atomic mass is 10.1. The molecule has 0 saturated carbocycles. The predicted molar refractivity (Wildman–Crippen MR) is 103 cm³/mol. The first-order valence-electron chi connectivity index (χ1n) is 8.25. The normalized spacial score (nSPS) is 12.6. The van der Waals surface area contributed by atoms with E-state index in [0.717, 1.165) is 6.04 Å². The summed E-state index contributed by atoms with van der Waals surface area (Å²) in [6, 6.07) is 2.19. The minimum absolute atomic E-state index is 0.0224. The Bertz CT molecular complexity index is 833. The topological polar surface area (TPSA) is 92.0 Å². The van der Waals surface area contributed by atoms with Crippen molar-refractivity contribution in [3.63, 3.8) is 0 Å². The van der Waals surface area contributed by atoms with E-state index in [1.54, 1.807) is 6.92 Å². The Morgan fingerprint density at radius 2 is 1.85 bits per heavy atom. The Hall–Kier alpha value is -1.78. The molecule has 2 aromatic heterocycles. The summed E-state index contributed by atoms with van der Waals surface area (Å²) in [5, 5.41) is 3.92. The summed E-state index contributed by atoms with van der Waals surface area (Å²) < 4.78 is 46.7. The van der Waals surface area contributed by atoms with Crippen molar-refractivity contribution in [3.05, 3.63) is 22.6 Å². The molecule has 0 aliphatic heterocycles. The molecule has 0 aromatic carbocycles. The van der Waals surface area contributed by atoms with Crippen LogP contribution in [0.15, 0.2) is 6.07 Å². The molecule has 150 valence electrons. The monoisotopic (exact) mass is 421 g/mol. The van der Waals surface area contributed by atoms with E-state index in [0.29, 0.717) is 12.3 Å². The van der Waals surface area contributed by atoms with Gasteiger partial charge in [0, 0.05) is 20.2 Å². The largest absolute Gasteiger partial charge is 0.435 e. The highest BCUT2D eigenvalue weighted by atomic mass is 35.5. The van der Waals surface area contributed by atoms with Crippen LogP contribution >= 0.6 is 11.6 Å². The van der Waals surface area contributed by atoms with Crippen molar-refractivity contribution in [2.45, 2.75) is 45.5 Å². The van der Waals surface area contributed by atoms with Crippen LogP contribution in [0.2, 0.25) is 30.8 Å². The van der Waals surface area contributed by atoms with Gasteiger partial charge in [0.1, 0.15) is 11.9 Å². The smallest absolute Gasteiger partial charge is 0.396 e. The molecule has 2 rings (SSSR count). The SMILES string of the molecule is Cc1nn(COCC[Si](C)(C)C)c(-c2cc(Cl)nc(C(F)(F)F)c2N)c1N. The second-order valence-electron chi connectivity index (χ2n) is 7.45. The van der Waals surface area contributed by atoms with Crippen LogP contribution in [0.4, 0.5) is 24.5 Å². The van der Waals surface area contributed by atoms with E-state index in [1.165, 1.54) is 10.7 Å². The van der Waals surface area contributed by atoms with Gasteiger partial charge < -0.3 is 16.2 Å². The fourth-order valence-electron chi connectivity index (χ4n) is 2.44. The number of aryl methyl sites for hydroxylation is 1. The first kappa shape index (κ1) is 21.5. The zero-order valence-electron chi connectivity index (χ0n) is 15.6. The van der Waals surface area contributed by atoms with Gasteiger partial charge in [0.15, 0.2) is 5.69 Å². The molecule has 0 atom stereocenters. The lowest BCUT2D eigenvalue weighted by Crippen LogP contribution is -2.22. The zero-order chi connectivity index (χ0) is 20.6. The average Bonchev–Trinajstić information content (AvgIpc) is 2.79. The number of pyridine rings is 1. The summed E-state index contributed by atoms with van der Waals surface area (Å²) in [6.07, 6.45) is -4.74. The van der Waals surface area contributed by atoms with Crippen LogP contribution < -0.4 is 11.5 Å². The van der Waals surface area contributed by atoms with Gasteiger partial charge >= 0.3 is 6.18 Å². The molecule has 6 nitrogen and oxygen atoms in total. The molecule has 2 aromatic rings. The van der Waals surface area contributed by atoms with Gasteiger partial charge in [-0.25, -0.2) is 9.67 Å². The van der Waals surface area contributed by atoms with Crippen LogP contribution in [0.3, 0.4) is 0 Å². The number of aromatic nitrogens is 3. The number of hydrogen-bond acceptors (Lipinski definition) is 5. The van der Waals surface area contributed by atoms with Gasteiger partial charge in [-0.05, 0) is 19.0 Å². The number of halogens is 4. The Morgan fingerprint density at radius 3 is 2.41 bits per heavy atom. The molecule has 0 saturated heterocycles. The van der Waals surface area contributed by atoms with Crippen LogP contribution in [-0.4, -0.2) is 29.4 Å². The van der Waals surface area contributed by atoms with Gasteiger partial charge in [-0.1, -0.05) is 31.2 Å². The number of alkyl halides is 3. The van der Waals surface area contributed by atoms with E-state index in [9.17, 15) is 13.2 Å². The number of anilines is 2. The Morgan fingerprint density at radius 1 is 1.22 bits per heavy atom. The van der Waals surface area contributed by atoms with Gasteiger partial charge in [-0.2, -0.15) is 18.3 Å². The summed E-state index contributed by atoms with van der Waals surface area (Å²) in [5.74, 6) is 0. The standard InChI is InChI=1S/C16H23ClF3N5OSi/c1-9-12(21)14(25(24-9)8-26-5-6-27(2,3)4)10-7-11(17)23-15(13(10)22)16(18,19)20/h7H,5-6,8,21-22H2,1-4H3. The van der Waals surface area contributed by atoms with Crippen molar-refractivity contribution in [1.82, 2.24) is 14.8 Å². The van der Waals surface area contributed by atoms with Gasteiger partial charge in [0.2, 0.25) is 0 Å². The average molecular weight is 422 g/mol. The molecule has 0 bridgehead atoms. The molecule has 0 aliphatic carbocycles. The van der Waals surface area contributed by atoms with Crippen LogP contribution in [0, 0.1) is 6.92 Å². The Kier molecular flexibility index (Phi) is 6.12. The minimum atomic E-state index is -4.74. The molecule has 2 heterocycles. The summed E-state index contributed by atoms with van der Waals surface area (Å²) >= 11 is 5.80. The summed E-state index contributed by atoms with van der Waals surface area (Å²) in [5.41, 5.74) is 10.9. The Balaban J connectivity index is 2.43. The van der Waals surface area contributed by atoms with Crippen LogP contribution in [0.5, 0.6) is 0 Å². The molecular formula is C16H23ClF3N5OSi. The van der Waals surface area contributed by atoms with Gasteiger partial charge in [-0.15, -0.1) is 0 Å². The fourth-order valence-corrected chi connectivity index (χ4v) is 3.39. The lowest BCUT2D eigenvalue weighted by molar-refractivity contribution is -0.140.